The monoisotopic (exact) mass is 373 g/mol. The number of hydrogen-bond donors (Lipinski definition) is 1. The van der Waals surface area contributed by atoms with Crippen LogP contribution in [0.5, 0.6) is 17.4 Å². The number of aromatic nitrogens is 1. The Morgan fingerprint density at radius 3 is 2.30 bits per heavy atom. The molecule has 1 aromatic carbocycles. The van der Waals surface area contributed by atoms with Crippen molar-refractivity contribution in [3.63, 3.8) is 0 Å². The van der Waals surface area contributed by atoms with Crippen molar-refractivity contribution in [1.82, 2.24) is 4.98 Å². The van der Waals surface area contributed by atoms with Crippen molar-refractivity contribution in [3.8, 4) is 17.4 Å². The maximum Gasteiger partial charge on any atom is 0.217 e. The van der Waals surface area contributed by atoms with Gasteiger partial charge in [0.2, 0.25) is 5.88 Å². The van der Waals surface area contributed by atoms with Gasteiger partial charge in [-0.2, -0.15) is 4.98 Å². The average Bonchev–Trinajstić information content (AvgIpc) is 2.67. The second kappa shape index (κ2) is 10.5. The fourth-order valence-corrected chi connectivity index (χ4v) is 2.99. The lowest BCUT2D eigenvalue weighted by atomic mass is 10.1. The molecule has 0 fully saturated rings. The predicted octanol–water partition coefficient (Wildman–Crippen LogP) is 3.93. The van der Waals surface area contributed by atoms with Gasteiger partial charge in [0, 0.05) is 37.3 Å². The van der Waals surface area contributed by atoms with Crippen molar-refractivity contribution in [1.29, 1.82) is 0 Å². The number of ether oxygens (including phenoxy) is 3. The van der Waals surface area contributed by atoms with Crippen LogP contribution in [0.25, 0.3) is 0 Å². The second-order valence-corrected chi connectivity index (χ2v) is 6.36. The summed E-state index contributed by atoms with van der Waals surface area (Å²) in [5.74, 6) is 2.47. The molecule has 0 unspecified atom stereocenters. The van der Waals surface area contributed by atoms with E-state index >= 15 is 0 Å². The van der Waals surface area contributed by atoms with Gasteiger partial charge in [0.1, 0.15) is 5.82 Å². The van der Waals surface area contributed by atoms with Gasteiger partial charge in [-0.15, -0.1) is 0 Å². The molecular weight excluding hydrogens is 342 g/mol. The minimum Gasteiger partial charge on any atom is -0.493 e. The van der Waals surface area contributed by atoms with E-state index in [0.717, 1.165) is 49.4 Å². The van der Waals surface area contributed by atoms with Crippen molar-refractivity contribution in [2.24, 2.45) is 0 Å². The van der Waals surface area contributed by atoms with E-state index in [4.69, 9.17) is 19.9 Å². The van der Waals surface area contributed by atoms with Gasteiger partial charge in [0.15, 0.2) is 11.5 Å². The van der Waals surface area contributed by atoms with Crippen LogP contribution in [0.2, 0.25) is 0 Å². The highest BCUT2D eigenvalue weighted by molar-refractivity contribution is 5.55. The van der Waals surface area contributed by atoms with Crippen LogP contribution in [0.3, 0.4) is 0 Å². The Bertz CT molecular complexity index is 716. The molecule has 1 heterocycles. The summed E-state index contributed by atoms with van der Waals surface area (Å²) in [6.07, 6.45) is 2.90. The molecule has 0 atom stereocenters. The summed E-state index contributed by atoms with van der Waals surface area (Å²) in [4.78, 5) is 6.63. The van der Waals surface area contributed by atoms with Gasteiger partial charge >= 0.3 is 0 Å². The molecule has 0 aliphatic heterocycles. The molecule has 2 rings (SSSR count). The topological polar surface area (TPSA) is 69.8 Å². The van der Waals surface area contributed by atoms with Crippen molar-refractivity contribution < 1.29 is 14.2 Å². The van der Waals surface area contributed by atoms with Crippen LogP contribution in [0.15, 0.2) is 30.3 Å². The van der Waals surface area contributed by atoms with E-state index < -0.39 is 0 Å². The fraction of sp³-hybridized carbons (Fsp3) is 0.476. The summed E-state index contributed by atoms with van der Waals surface area (Å²) in [5.41, 5.74) is 8.16. The largest absolute Gasteiger partial charge is 0.493 e. The summed E-state index contributed by atoms with van der Waals surface area (Å²) < 4.78 is 16.5. The molecule has 2 aromatic rings. The lowest BCUT2D eigenvalue weighted by Gasteiger charge is -2.24. The fourth-order valence-electron chi connectivity index (χ4n) is 2.99. The van der Waals surface area contributed by atoms with Gasteiger partial charge in [-0.1, -0.05) is 19.9 Å². The lowest BCUT2D eigenvalue weighted by molar-refractivity contribution is 0.309. The van der Waals surface area contributed by atoms with Gasteiger partial charge in [0.25, 0.3) is 0 Å². The molecule has 0 radical (unpaired) electrons. The Morgan fingerprint density at radius 2 is 1.67 bits per heavy atom. The van der Waals surface area contributed by atoms with Crippen molar-refractivity contribution >= 4 is 11.5 Å². The molecule has 2 N–H and O–H groups in total. The van der Waals surface area contributed by atoms with Gasteiger partial charge in [0.05, 0.1) is 20.8 Å². The van der Waals surface area contributed by atoms with Crippen LogP contribution >= 0.6 is 0 Å². The number of nitrogens with zero attached hydrogens (tertiary/aromatic N) is 2. The smallest absolute Gasteiger partial charge is 0.217 e. The van der Waals surface area contributed by atoms with Gasteiger partial charge < -0.3 is 24.8 Å². The zero-order valence-corrected chi connectivity index (χ0v) is 16.8. The molecule has 0 saturated heterocycles. The highest BCUT2D eigenvalue weighted by Gasteiger charge is 2.09. The van der Waals surface area contributed by atoms with Gasteiger partial charge in [-0.05, 0) is 30.5 Å². The number of nitrogens with two attached hydrogens (primary N) is 1. The van der Waals surface area contributed by atoms with Crippen LogP contribution in [0.1, 0.15) is 32.3 Å². The number of methoxy groups -OCH3 is 2. The molecule has 27 heavy (non-hydrogen) atoms. The number of benzene rings is 1. The molecule has 0 aliphatic rings. The molecule has 1 aromatic heterocycles. The molecule has 0 bridgehead atoms. The van der Waals surface area contributed by atoms with Gasteiger partial charge in [-0.25, -0.2) is 0 Å². The third-order valence-electron chi connectivity index (χ3n) is 4.25. The molecule has 0 amide bonds. The summed E-state index contributed by atoms with van der Waals surface area (Å²) in [6, 6.07) is 9.75. The zero-order chi connectivity index (χ0) is 19.6. The van der Waals surface area contributed by atoms with Crippen LogP contribution in [-0.4, -0.2) is 38.9 Å². The maximum atomic E-state index is 5.99. The van der Waals surface area contributed by atoms with Crippen LogP contribution in [-0.2, 0) is 6.42 Å². The van der Waals surface area contributed by atoms with E-state index in [0.29, 0.717) is 24.1 Å². The SMILES string of the molecule is CCCN(CCC)c1cc(N)nc(OCCc2ccc(OC)c(OC)c2)c1. The first-order valence-electron chi connectivity index (χ1n) is 9.47. The standard InChI is InChI=1S/C21H31N3O3/c1-5-10-24(11-6-2)17-14-20(22)23-21(15-17)27-12-9-16-7-8-18(25-3)19(13-16)26-4/h7-8,13-15H,5-6,9-12H2,1-4H3,(H2,22,23). The normalized spacial score (nSPS) is 10.5. The first kappa shape index (κ1) is 20.7. The van der Waals surface area contributed by atoms with Crippen LogP contribution in [0, 0.1) is 0 Å². The Balaban J connectivity index is 2.03. The van der Waals surface area contributed by atoms with Crippen molar-refractivity contribution in [2.45, 2.75) is 33.1 Å². The van der Waals surface area contributed by atoms with Crippen molar-refractivity contribution in [3.05, 3.63) is 35.9 Å². The van der Waals surface area contributed by atoms with E-state index in [9.17, 15) is 0 Å². The lowest BCUT2D eigenvalue weighted by Crippen LogP contribution is -2.25. The minimum atomic E-state index is 0.478. The van der Waals surface area contributed by atoms with Crippen LogP contribution in [0.4, 0.5) is 11.5 Å². The zero-order valence-electron chi connectivity index (χ0n) is 16.8. The number of nitrogen functional groups attached to an aromatic ring is 1. The number of anilines is 2. The molecule has 0 saturated carbocycles. The molecule has 6 heteroatoms. The second-order valence-electron chi connectivity index (χ2n) is 6.36. The molecule has 148 valence electrons. The minimum absolute atomic E-state index is 0.478. The van der Waals surface area contributed by atoms with Crippen molar-refractivity contribution in [2.75, 3.05) is 44.5 Å². The summed E-state index contributed by atoms with van der Waals surface area (Å²) in [7, 11) is 3.26. The highest BCUT2D eigenvalue weighted by Crippen LogP contribution is 2.28. The quantitative estimate of drug-likeness (QED) is 0.644. The molecule has 0 spiro atoms. The van der Waals surface area contributed by atoms with Gasteiger partial charge in [-0.3, -0.25) is 0 Å². The third kappa shape index (κ3) is 5.94. The number of rotatable bonds is 11. The Hall–Kier alpha value is -2.63. The Labute approximate surface area is 162 Å². The molecule has 6 nitrogen and oxygen atoms in total. The molecular formula is C21H31N3O3. The van der Waals surface area contributed by atoms with E-state index in [1.807, 2.05) is 30.3 Å². The highest BCUT2D eigenvalue weighted by atomic mass is 16.5. The molecule has 0 aliphatic carbocycles. The van der Waals surface area contributed by atoms with E-state index in [1.54, 1.807) is 14.2 Å². The average molecular weight is 373 g/mol. The Kier molecular flexibility index (Phi) is 8.04. The van der Waals surface area contributed by atoms with Crippen LogP contribution < -0.4 is 24.8 Å². The van der Waals surface area contributed by atoms with E-state index in [-0.39, 0.29) is 0 Å². The first-order chi connectivity index (χ1) is 13.1. The summed E-state index contributed by atoms with van der Waals surface area (Å²) in [6.45, 7) is 6.83. The third-order valence-corrected chi connectivity index (χ3v) is 4.25. The van der Waals surface area contributed by atoms with E-state index in [2.05, 4.69) is 23.7 Å². The first-order valence-corrected chi connectivity index (χ1v) is 9.47. The number of hydrogen-bond acceptors (Lipinski definition) is 6. The summed E-state index contributed by atoms with van der Waals surface area (Å²) >= 11 is 0. The summed E-state index contributed by atoms with van der Waals surface area (Å²) in [5, 5.41) is 0. The maximum absolute atomic E-state index is 5.99. The Morgan fingerprint density at radius 1 is 0.963 bits per heavy atom. The number of pyridine rings is 1. The predicted molar refractivity (Wildman–Crippen MR) is 110 cm³/mol. The van der Waals surface area contributed by atoms with E-state index in [1.165, 1.54) is 0 Å².